The van der Waals surface area contributed by atoms with Crippen molar-refractivity contribution in [2.24, 2.45) is 0 Å². The molecule has 0 spiro atoms. The molecule has 1 aliphatic rings. The van der Waals surface area contributed by atoms with Crippen molar-refractivity contribution in [2.75, 3.05) is 44.2 Å². The van der Waals surface area contributed by atoms with Crippen LogP contribution in [0.15, 0.2) is 41.9 Å². The molecule has 0 radical (unpaired) electrons. The number of benzene rings is 1. The number of anilines is 1. The van der Waals surface area contributed by atoms with Gasteiger partial charge < -0.3 is 9.64 Å². The second-order valence-corrected chi connectivity index (χ2v) is 6.74. The van der Waals surface area contributed by atoms with Gasteiger partial charge in [-0.1, -0.05) is 18.2 Å². The van der Waals surface area contributed by atoms with E-state index in [1.54, 1.807) is 11.3 Å². The molecular weight excluding hydrogens is 306 g/mol. The van der Waals surface area contributed by atoms with Crippen LogP contribution in [0.3, 0.4) is 0 Å². The first kappa shape index (κ1) is 16.3. The van der Waals surface area contributed by atoms with Crippen LogP contribution in [0.2, 0.25) is 0 Å². The molecule has 2 heterocycles. The molecule has 23 heavy (non-hydrogen) atoms. The van der Waals surface area contributed by atoms with Crippen molar-refractivity contribution in [3.05, 3.63) is 41.9 Å². The average Bonchev–Trinajstić information content (AvgIpc) is 3.14. The quantitative estimate of drug-likeness (QED) is 0.692. The highest BCUT2D eigenvalue weighted by Crippen LogP contribution is 2.19. The summed E-state index contributed by atoms with van der Waals surface area (Å²) in [5.74, 6) is 0.978. The Hall–Kier alpha value is -1.59. The Morgan fingerprint density at radius 1 is 1.00 bits per heavy atom. The minimum absolute atomic E-state index is 0.821. The van der Waals surface area contributed by atoms with E-state index in [0.717, 1.165) is 45.0 Å². The molecule has 1 aromatic carbocycles. The molecule has 0 atom stereocenters. The largest absolute Gasteiger partial charge is 0.494 e. The van der Waals surface area contributed by atoms with Crippen LogP contribution in [0.4, 0.5) is 5.13 Å². The van der Waals surface area contributed by atoms with Crippen LogP contribution < -0.4 is 9.64 Å². The summed E-state index contributed by atoms with van der Waals surface area (Å²) in [5.41, 5.74) is 0. The maximum atomic E-state index is 5.73. The second kappa shape index (κ2) is 8.89. The third-order valence-corrected chi connectivity index (χ3v) is 5.02. The van der Waals surface area contributed by atoms with Gasteiger partial charge in [0.25, 0.3) is 0 Å². The molecule has 0 amide bonds. The van der Waals surface area contributed by atoms with E-state index in [2.05, 4.69) is 20.2 Å². The zero-order valence-electron chi connectivity index (χ0n) is 13.6. The average molecular weight is 331 g/mol. The molecule has 1 aliphatic heterocycles. The smallest absolute Gasteiger partial charge is 0.185 e. The fourth-order valence-corrected chi connectivity index (χ4v) is 3.55. The van der Waals surface area contributed by atoms with Gasteiger partial charge in [-0.3, -0.25) is 4.90 Å². The summed E-state index contributed by atoms with van der Waals surface area (Å²) >= 11 is 1.74. The first-order valence-corrected chi connectivity index (χ1v) is 9.34. The van der Waals surface area contributed by atoms with Gasteiger partial charge in [0, 0.05) is 37.8 Å². The van der Waals surface area contributed by atoms with Gasteiger partial charge in [-0.2, -0.15) is 0 Å². The lowest BCUT2D eigenvalue weighted by atomic mass is 10.2. The molecular formula is C18H25N3OS. The number of para-hydroxylation sites is 1. The van der Waals surface area contributed by atoms with Gasteiger partial charge in [-0.15, -0.1) is 11.3 Å². The van der Waals surface area contributed by atoms with E-state index in [1.165, 1.54) is 24.5 Å². The van der Waals surface area contributed by atoms with Gasteiger partial charge in [-0.05, 0) is 37.9 Å². The number of hydrogen-bond donors (Lipinski definition) is 0. The third kappa shape index (κ3) is 5.22. The maximum absolute atomic E-state index is 5.73. The van der Waals surface area contributed by atoms with E-state index in [0.29, 0.717) is 0 Å². The van der Waals surface area contributed by atoms with E-state index in [1.807, 2.05) is 36.5 Å². The second-order valence-electron chi connectivity index (χ2n) is 5.87. The Morgan fingerprint density at radius 2 is 1.83 bits per heavy atom. The van der Waals surface area contributed by atoms with E-state index in [4.69, 9.17) is 4.74 Å². The summed E-state index contributed by atoms with van der Waals surface area (Å²) in [7, 11) is 0. The predicted octanol–water partition coefficient (Wildman–Crippen LogP) is 3.51. The minimum Gasteiger partial charge on any atom is -0.494 e. The summed E-state index contributed by atoms with van der Waals surface area (Å²) < 4.78 is 5.73. The molecule has 3 rings (SSSR count). The van der Waals surface area contributed by atoms with Crippen LogP contribution >= 0.6 is 11.3 Å². The fourth-order valence-electron chi connectivity index (χ4n) is 2.86. The molecule has 4 nitrogen and oxygen atoms in total. The van der Waals surface area contributed by atoms with Crippen LogP contribution in [0.5, 0.6) is 5.75 Å². The van der Waals surface area contributed by atoms with Gasteiger partial charge >= 0.3 is 0 Å². The lowest BCUT2D eigenvalue weighted by Gasteiger charge is -2.34. The summed E-state index contributed by atoms with van der Waals surface area (Å²) in [6.45, 7) is 6.54. The molecule has 0 unspecified atom stereocenters. The first-order valence-electron chi connectivity index (χ1n) is 8.46. The number of aromatic nitrogens is 1. The molecule has 1 aromatic heterocycles. The lowest BCUT2D eigenvalue weighted by molar-refractivity contribution is 0.246. The Balaban J connectivity index is 1.23. The number of rotatable bonds is 8. The Labute approximate surface area is 142 Å². The van der Waals surface area contributed by atoms with Crippen LogP contribution in [-0.4, -0.2) is 49.2 Å². The Bertz CT molecular complexity index is 539. The van der Waals surface area contributed by atoms with Crippen LogP contribution in [-0.2, 0) is 0 Å². The Morgan fingerprint density at radius 3 is 2.57 bits per heavy atom. The predicted molar refractivity (Wildman–Crippen MR) is 96.6 cm³/mol. The van der Waals surface area contributed by atoms with Crippen LogP contribution in [0.1, 0.15) is 19.3 Å². The highest BCUT2D eigenvalue weighted by atomic mass is 32.1. The number of thiazole rings is 1. The van der Waals surface area contributed by atoms with E-state index >= 15 is 0 Å². The summed E-state index contributed by atoms with van der Waals surface area (Å²) in [6, 6.07) is 10.1. The van der Waals surface area contributed by atoms with E-state index in [9.17, 15) is 0 Å². The zero-order chi connectivity index (χ0) is 15.7. The van der Waals surface area contributed by atoms with Crippen molar-refractivity contribution < 1.29 is 4.74 Å². The zero-order valence-corrected chi connectivity index (χ0v) is 14.4. The standard InChI is InChI=1S/C18H25N3OS/c1-3-7-17(8-4-1)22-15-6-2-5-10-20-11-13-21(14-12-20)18-19-9-16-23-18/h1,3-4,7-9,16H,2,5-6,10-15H2. The minimum atomic E-state index is 0.821. The molecule has 0 bridgehead atoms. The normalized spacial score (nSPS) is 15.7. The van der Waals surface area contributed by atoms with Gasteiger partial charge in [0.15, 0.2) is 5.13 Å². The lowest BCUT2D eigenvalue weighted by Crippen LogP contribution is -2.46. The van der Waals surface area contributed by atoms with Crippen LogP contribution in [0, 0.1) is 0 Å². The highest BCUT2D eigenvalue weighted by Gasteiger charge is 2.17. The van der Waals surface area contributed by atoms with Gasteiger partial charge in [0.1, 0.15) is 5.75 Å². The number of piperazine rings is 1. The van der Waals surface area contributed by atoms with Gasteiger partial charge in [0.05, 0.1) is 6.61 Å². The molecule has 0 aliphatic carbocycles. The summed E-state index contributed by atoms with van der Waals surface area (Å²) in [5, 5.41) is 3.22. The van der Waals surface area contributed by atoms with Crippen molar-refractivity contribution in [3.8, 4) is 5.75 Å². The van der Waals surface area contributed by atoms with Crippen molar-refractivity contribution in [1.29, 1.82) is 0 Å². The molecule has 0 N–H and O–H groups in total. The number of hydrogen-bond acceptors (Lipinski definition) is 5. The highest BCUT2D eigenvalue weighted by molar-refractivity contribution is 7.13. The number of ether oxygens (including phenoxy) is 1. The summed E-state index contributed by atoms with van der Waals surface area (Å²) in [4.78, 5) is 9.37. The molecule has 1 saturated heterocycles. The molecule has 5 heteroatoms. The number of unbranched alkanes of at least 4 members (excludes halogenated alkanes) is 2. The van der Waals surface area contributed by atoms with E-state index < -0.39 is 0 Å². The maximum Gasteiger partial charge on any atom is 0.185 e. The SMILES string of the molecule is c1ccc(OCCCCCN2CCN(c3nccs3)CC2)cc1. The van der Waals surface area contributed by atoms with Crippen molar-refractivity contribution in [3.63, 3.8) is 0 Å². The Kier molecular flexibility index (Phi) is 6.29. The van der Waals surface area contributed by atoms with Crippen molar-refractivity contribution in [1.82, 2.24) is 9.88 Å². The fraction of sp³-hybridized carbons (Fsp3) is 0.500. The first-order chi connectivity index (χ1) is 11.4. The molecule has 2 aromatic rings. The van der Waals surface area contributed by atoms with Crippen molar-refractivity contribution >= 4 is 16.5 Å². The third-order valence-electron chi connectivity index (χ3n) is 4.19. The van der Waals surface area contributed by atoms with E-state index in [-0.39, 0.29) is 0 Å². The van der Waals surface area contributed by atoms with Gasteiger partial charge in [-0.25, -0.2) is 4.98 Å². The monoisotopic (exact) mass is 331 g/mol. The molecule has 124 valence electrons. The van der Waals surface area contributed by atoms with Crippen LogP contribution in [0.25, 0.3) is 0 Å². The summed E-state index contributed by atoms with van der Waals surface area (Å²) in [6.07, 6.45) is 5.52. The topological polar surface area (TPSA) is 28.6 Å². The molecule has 0 saturated carbocycles. The van der Waals surface area contributed by atoms with Gasteiger partial charge in [0.2, 0.25) is 0 Å². The van der Waals surface area contributed by atoms with Crippen molar-refractivity contribution in [2.45, 2.75) is 19.3 Å². The number of nitrogens with zero attached hydrogens (tertiary/aromatic N) is 3. The molecule has 1 fully saturated rings.